The Balaban J connectivity index is 2.40. The fraction of sp³-hybridized carbons (Fsp3) is 0.429. The van der Waals surface area contributed by atoms with Gasteiger partial charge in [-0.05, 0) is 5.56 Å². The number of carboxylic acid groups (broad SMARTS) is 1. The zero-order valence-electron chi connectivity index (χ0n) is 11.3. The van der Waals surface area contributed by atoms with Gasteiger partial charge in [0.2, 0.25) is 5.91 Å². The molecule has 0 saturated heterocycles. The van der Waals surface area contributed by atoms with Crippen LogP contribution in [0.25, 0.3) is 0 Å². The van der Waals surface area contributed by atoms with Crippen LogP contribution in [0, 0.1) is 0 Å². The average molecular weight is 301 g/mol. The molecule has 1 amide bonds. The molecule has 21 heavy (non-hydrogen) atoms. The maximum absolute atomic E-state index is 11.8. The van der Waals surface area contributed by atoms with Gasteiger partial charge in [0.15, 0.2) is 0 Å². The summed E-state index contributed by atoms with van der Waals surface area (Å²) >= 11 is 0. The fourth-order valence-electron chi connectivity index (χ4n) is 1.65. The second-order valence-electron chi connectivity index (χ2n) is 4.36. The van der Waals surface area contributed by atoms with Crippen molar-refractivity contribution in [3.05, 3.63) is 35.9 Å². The van der Waals surface area contributed by atoms with Crippen LogP contribution in [0.5, 0.6) is 0 Å². The number of rotatable bonds is 9. The maximum atomic E-state index is 11.8. The topological polar surface area (TPSA) is 75.6 Å². The molecule has 1 rings (SSSR count). The number of hydrogen-bond donors (Lipinski definition) is 2. The molecule has 0 aliphatic carbocycles. The highest BCUT2D eigenvalue weighted by Crippen LogP contribution is 2.04. The van der Waals surface area contributed by atoms with Crippen molar-refractivity contribution in [3.8, 4) is 0 Å². The number of carbonyl (C=O) groups is 2. The zero-order chi connectivity index (χ0) is 15.7. The zero-order valence-corrected chi connectivity index (χ0v) is 11.3. The summed E-state index contributed by atoms with van der Waals surface area (Å²) < 4.78 is 28.2. The Morgan fingerprint density at radius 3 is 2.48 bits per heavy atom. The van der Waals surface area contributed by atoms with E-state index in [9.17, 15) is 18.4 Å². The minimum Gasteiger partial charge on any atom is -0.480 e. The first kappa shape index (κ1) is 17.0. The molecule has 0 fully saturated rings. The quantitative estimate of drug-likeness (QED) is 0.677. The van der Waals surface area contributed by atoms with E-state index in [-0.39, 0.29) is 19.4 Å². The van der Waals surface area contributed by atoms with Gasteiger partial charge in [-0.1, -0.05) is 30.3 Å². The van der Waals surface area contributed by atoms with Gasteiger partial charge in [0, 0.05) is 12.8 Å². The Morgan fingerprint density at radius 2 is 1.90 bits per heavy atom. The molecular formula is C14H17F2NO4. The molecule has 0 spiro atoms. The third-order valence-corrected chi connectivity index (χ3v) is 2.63. The van der Waals surface area contributed by atoms with Gasteiger partial charge in [0.25, 0.3) is 6.43 Å². The lowest BCUT2D eigenvalue weighted by molar-refractivity contribution is -0.142. The van der Waals surface area contributed by atoms with Gasteiger partial charge in [-0.2, -0.15) is 0 Å². The predicted octanol–water partition coefficient (Wildman–Crippen LogP) is 1.47. The Bertz CT molecular complexity index is 454. The van der Waals surface area contributed by atoms with E-state index in [0.29, 0.717) is 0 Å². The van der Waals surface area contributed by atoms with Crippen molar-refractivity contribution in [1.82, 2.24) is 5.32 Å². The number of amides is 1. The van der Waals surface area contributed by atoms with Crippen molar-refractivity contribution in [2.24, 2.45) is 0 Å². The van der Waals surface area contributed by atoms with E-state index in [2.05, 4.69) is 10.1 Å². The van der Waals surface area contributed by atoms with Crippen LogP contribution >= 0.6 is 0 Å². The summed E-state index contributed by atoms with van der Waals surface area (Å²) in [7, 11) is 0. The highest BCUT2D eigenvalue weighted by atomic mass is 19.3. The lowest BCUT2D eigenvalue weighted by atomic mass is 10.1. The smallest absolute Gasteiger partial charge is 0.326 e. The third-order valence-electron chi connectivity index (χ3n) is 2.63. The molecule has 0 aliphatic heterocycles. The molecule has 0 heterocycles. The van der Waals surface area contributed by atoms with Crippen LogP contribution in [-0.4, -0.2) is 42.7 Å². The van der Waals surface area contributed by atoms with Crippen molar-refractivity contribution >= 4 is 11.9 Å². The first-order valence-corrected chi connectivity index (χ1v) is 6.41. The summed E-state index contributed by atoms with van der Waals surface area (Å²) in [5, 5.41) is 11.4. The largest absolute Gasteiger partial charge is 0.480 e. The van der Waals surface area contributed by atoms with Crippen LogP contribution in [0.15, 0.2) is 30.3 Å². The van der Waals surface area contributed by atoms with Crippen molar-refractivity contribution in [2.45, 2.75) is 25.3 Å². The molecule has 116 valence electrons. The van der Waals surface area contributed by atoms with Gasteiger partial charge < -0.3 is 15.2 Å². The van der Waals surface area contributed by atoms with Gasteiger partial charge in [0.05, 0.1) is 6.61 Å². The van der Waals surface area contributed by atoms with Crippen molar-refractivity contribution < 1.29 is 28.2 Å². The van der Waals surface area contributed by atoms with E-state index in [0.717, 1.165) is 5.56 Å². The highest BCUT2D eigenvalue weighted by molar-refractivity contribution is 5.83. The molecule has 1 atom stereocenters. The number of ether oxygens (including phenoxy) is 1. The third kappa shape index (κ3) is 7.36. The summed E-state index contributed by atoms with van der Waals surface area (Å²) in [5.74, 6) is -1.70. The molecule has 5 nitrogen and oxygen atoms in total. The van der Waals surface area contributed by atoms with Crippen molar-refractivity contribution in [3.63, 3.8) is 0 Å². The summed E-state index contributed by atoms with van der Waals surface area (Å²) in [4.78, 5) is 22.7. The molecule has 0 saturated carbocycles. The molecule has 0 radical (unpaired) electrons. The molecule has 1 aromatic rings. The van der Waals surface area contributed by atoms with Gasteiger partial charge in [0.1, 0.15) is 12.6 Å². The number of nitrogens with one attached hydrogen (secondary N) is 1. The Labute approximate surface area is 120 Å². The number of hydrogen-bond acceptors (Lipinski definition) is 3. The van der Waals surface area contributed by atoms with E-state index in [4.69, 9.17) is 5.11 Å². The van der Waals surface area contributed by atoms with Crippen molar-refractivity contribution in [1.29, 1.82) is 0 Å². The van der Waals surface area contributed by atoms with Crippen LogP contribution in [0.2, 0.25) is 0 Å². The first-order chi connectivity index (χ1) is 9.99. The summed E-state index contributed by atoms with van der Waals surface area (Å²) in [6.45, 7) is -0.909. The monoisotopic (exact) mass is 301 g/mol. The van der Waals surface area contributed by atoms with E-state index in [1.165, 1.54) is 0 Å². The number of carboxylic acids is 1. The van der Waals surface area contributed by atoms with E-state index in [1.807, 2.05) is 0 Å². The number of halogens is 2. The second kappa shape index (κ2) is 9.02. The predicted molar refractivity (Wildman–Crippen MR) is 71.2 cm³/mol. The molecular weight excluding hydrogens is 284 g/mol. The molecule has 0 aliphatic rings. The maximum Gasteiger partial charge on any atom is 0.326 e. The fourth-order valence-corrected chi connectivity index (χ4v) is 1.65. The summed E-state index contributed by atoms with van der Waals surface area (Å²) in [5.41, 5.74) is 0.777. The van der Waals surface area contributed by atoms with Crippen LogP contribution in [0.3, 0.4) is 0 Å². The SMILES string of the molecule is O=C(CCOCC(F)F)NC(Cc1ccccc1)C(=O)O. The standard InChI is InChI=1S/C14H17F2NO4/c15-12(16)9-21-7-6-13(18)17-11(14(19)20)8-10-4-2-1-3-5-10/h1-5,11-12H,6-9H2,(H,17,18)(H,19,20). The molecule has 0 aromatic heterocycles. The molecule has 1 unspecified atom stereocenters. The molecule has 7 heteroatoms. The average Bonchev–Trinajstić information content (AvgIpc) is 2.44. The second-order valence-corrected chi connectivity index (χ2v) is 4.36. The number of aliphatic carboxylic acids is 1. The highest BCUT2D eigenvalue weighted by Gasteiger charge is 2.20. The lowest BCUT2D eigenvalue weighted by Crippen LogP contribution is -2.42. The van der Waals surface area contributed by atoms with Gasteiger partial charge >= 0.3 is 5.97 Å². The van der Waals surface area contributed by atoms with Crippen LogP contribution in [0.4, 0.5) is 8.78 Å². The van der Waals surface area contributed by atoms with Crippen molar-refractivity contribution in [2.75, 3.05) is 13.2 Å². The van der Waals surface area contributed by atoms with Crippen LogP contribution < -0.4 is 5.32 Å². The minimum atomic E-state index is -2.59. The normalized spacial score (nSPS) is 12.1. The first-order valence-electron chi connectivity index (χ1n) is 6.41. The Hall–Kier alpha value is -2.02. The molecule has 1 aromatic carbocycles. The molecule has 2 N–H and O–H groups in total. The minimum absolute atomic E-state index is 0.153. The number of alkyl halides is 2. The Morgan fingerprint density at radius 1 is 1.24 bits per heavy atom. The number of carbonyl (C=O) groups excluding carboxylic acids is 1. The van der Waals surface area contributed by atoms with E-state index in [1.54, 1.807) is 30.3 Å². The number of benzene rings is 1. The lowest BCUT2D eigenvalue weighted by Gasteiger charge is -2.14. The summed E-state index contributed by atoms with van der Waals surface area (Å²) in [6, 6.07) is 7.80. The summed E-state index contributed by atoms with van der Waals surface area (Å²) in [6.07, 6.45) is -2.59. The van der Waals surface area contributed by atoms with Gasteiger partial charge in [-0.25, -0.2) is 13.6 Å². The van der Waals surface area contributed by atoms with Gasteiger partial charge in [-0.3, -0.25) is 4.79 Å². The molecule has 0 bridgehead atoms. The van der Waals surface area contributed by atoms with Gasteiger partial charge in [-0.15, -0.1) is 0 Å². The van der Waals surface area contributed by atoms with Crippen LogP contribution in [0.1, 0.15) is 12.0 Å². The Kier molecular flexibility index (Phi) is 7.31. The van der Waals surface area contributed by atoms with E-state index >= 15 is 0 Å². The van der Waals surface area contributed by atoms with E-state index < -0.39 is 31.0 Å². The van der Waals surface area contributed by atoms with Crippen LogP contribution in [-0.2, 0) is 20.7 Å².